The van der Waals surface area contributed by atoms with Crippen LogP contribution in [0.1, 0.15) is 6.42 Å². The van der Waals surface area contributed by atoms with Gasteiger partial charge >= 0.3 is 0 Å². The molecular formula is C20H19FN6O. The molecule has 4 aromatic rings. The number of hydrogen-bond acceptors (Lipinski definition) is 4. The van der Waals surface area contributed by atoms with Gasteiger partial charge in [-0.25, -0.2) is 8.91 Å². The average Bonchev–Trinajstić information content (AvgIpc) is 3.06. The van der Waals surface area contributed by atoms with Gasteiger partial charge in [0.1, 0.15) is 6.17 Å². The minimum Gasteiger partial charge on any atom is -0.376 e. The number of nitrogens with zero attached hydrogens (tertiary/aromatic N) is 4. The summed E-state index contributed by atoms with van der Waals surface area (Å²) < 4.78 is 14.8. The third-order valence-corrected chi connectivity index (χ3v) is 5.15. The molecule has 0 saturated heterocycles. The first kappa shape index (κ1) is 16.7. The lowest BCUT2D eigenvalue weighted by molar-refractivity contribution is -0.117. The van der Waals surface area contributed by atoms with Crippen molar-refractivity contribution in [3.8, 4) is 11.1 Å². The van der Waals surface area contributed by atoms with E-state index in [1.54, 1.807) is 10.6 Å². The number of anilines is 2. The topological polar surface area (TPSA) is 78.3 Å². The number of rotatable bonds is 4. The Hall–Kier alpha value is -3.42. The van der Waals surface area contributed by atoms with Gasteiger partial charge in [0.15, 0.2) is 5.82 Å². The number of aromatic amines is 1. The second-order valence-corrected chi connectivity index (χ2v) is 7.35. The molecule has 142 valence electrons. The lowest BCUT2D eigenvalue weighted by Crippen LogP contribution is -2.15. The van der Waals surface area contributed by atoms with Crippen LogP contribution in [-0.2, 0) is 4.79 Å². The first-order valence-electron chi connectivity index (χ1n) is 9.09. The minimum absolute atomic E-state index is 0.299. The molecule has 1 saturated carbocycles. The number of aromatic nitrogens is 4. The summed E-state index contributed by atoms with van der Waals surface area (Å²) >= 11 is 0. The highest BCUT2D eigenvalue weighted by Gasteiger charge is 2.43. The zero-order valence-electron chi connectivity index (χ0n) is 15.5. The Morgan fingerprint density at radius 3 is 2.89 bits per heavy atom. The maximum Gasteiger partial charge on any atom is 0.231 e. The van der Waals surface area contributed by atoms with Crippen LogP contribution in [0.2, 0.25) is 0 Å². The summed E-state index contributed by atoms with van der Waals surface area (Å²) in [5.74, 6) is -0.418. The first-order chi connectivity index (χ1) is 13.5. The van der Waals surface area contributed by atoms with Crippen LogP contribution in [0.15, 0.2) is 42.7 Å². The molecule has 3 heterocycles. The highest BCUT2D eigenvalue weighted by molar-refractivity contribution is 6.01. The van der Waals surface area contributed by atoms with Crippen LogP contribution in [-0.4, -0.2) is 46.0 Å². The van der Waals surface area contributed by atoms with Crippen molar-refractivity contribution in [2.24, 2.45) is 5.92 Å². The third kappa shape index (κ3) is 2.69. The van der Waals surface area contributed by atoms with E-state index in [1.807, 2.05) is 43.5 Å². The maximum atomic E-state index is 13.1. The first-order valence-corrected chi connectivity index (χ1v) is 9.09. The molecule has 1 aliphatic carbocycles. The molecular weight excluding hydrogens is 359 g/mol. The van der Waals surface area contributed by atoms with E-state index in [4.69, 9.17) is 0 Å². The molecule has 0 bridgehead atoms. The van der Waals surface area contributed by atoms with E-state index in [-0.39, 0.29) is 5.91 Å². The fourth-order valence-electron chi connectivity index (χ4n) is 3.52. The van der Waals surface area contributed by atoms with Crippen molar-refractivity contribution < 1.29 is 9.18 Å². The van der Waals surface area contributed by atoms with Crippen LogP contribution in [0.4, 0.5) is 15.9 Å². The molecule has 0 radical (unpaired) electrons. The number of nitrogens with one attached hydrogen (secondary N) is 2. The SMILES string of the molecule is CN(C)c1ccc(-c2ccn3nc(NC(=O)[C@@H]4C[C@@H]4F)cc3c2)c2cn[nH]c12. The second kappa shape index (κ2) is 6.05. The Morgan fingerprint density at radius 1 is 1.32 bits per heavy atom. The van der Waals surface area contributed by atoms with E-state index in [0.717, 1.165) is 33.2 Å². The van der Waals surface area contributed by atoms with Crippen molar-refractivity contribution in [2.45, 2.75) is 12.6 Å². The molecule has 2 N–H and O–H groups in total. The molecule has 0 unspecified atom stereocenters. The molecule has 0 spiro atoms. The zero-order chi connectivity index (χ0) is 19.4. The van der Waals surface area contributed by atoms with Gasteiger partial charge in [0.25, 0.3) is 0 Å². The van der Waals surface area contributed by atoms with E-state index in [1.165, 1.54) is 0 Å². The van der Waals surface area contributed by atoms with Gasteiger partial charge in [0.2, 0.25) is 5.91 Å². The van der Waals surface area contributed by atoms with Crippen LogP contribution in [0, 0.1) is 5.92 Å². The number of fused-ring (bicyclic) bond motifs is 2. The number of pyridine rings is 1. The molecule has 1 amide bonds. The highest BCUT2D eigenvalue weighted by atomic mass is 19.1. The van der Waals surface area contributed by atoms with Crippen LogP contribution >= 0.6 is 0 Å². The van der Waals surface area contributed by atoms with Crippen LogP contribution in [0.25, 0.3) is 27.5 Å². The Morgan fingerprint density at radius 2 is 2.14 bits per heavy atom. The quantitative estimate of drug-likeness (QED) is 0.571. The van der Waals surface area contributed by atoms with Gasteiger partial charge in [-0.05, 0) is 35.7 Å². The fraction of sp³-hybridized carbons (Fsp3) is 0.250. The molecule has 28 heavy (non-hydrogen) atoms. The van der Waals surface area contributed by atoms with Gasteiger partial charge in [-0.15, -0.1) is 0 Å². The molecule has 1 fully saturated rings. The number of alkyl halides is 1. The number of carbonyl (C=O) groups excluding carboxylic acids is 1. The number of halogens is 1. The van der Waals surface area contributed by atoms with Gasteiger partial charge in [0.05, 0.1) is 28.8 Å². The number of H-pyrrole nitrogens is 1. The molecule has 3 aromatic heterocycles. The third-order valence-electron chi connectivity index (χ3n) is 5.15. The van der Waals surface area contributed by atoms with Crippen molar-refractivity contribution >= 4 is 33.8 Å². The van der Waals surface area contributed by atoms with Crippen molar-refractivity contribution in [1.82, 2.24) is 19.8 Å². The maximum absolute atomic E-state index is 13.1. The average molecular weight is 378 g/mol. The van der Waals surface area contributed by atoms with E-state index in [2.05, 4.69) is 32.7 Å². The lowest BCUT2D eigenvalue weighted by atomic mass is 10.0. The van der Waals surface area contributed by atoms with E-state index in [9.17, 15) is 9.18 Å². The van der Waals surface area contributed by atoms with Crippen molar-refractivity contribution in [3.05, 3.63) is 42.7 Å². The van der Waals surface area contributed by atoms with E-state index < -0.39 is 12.1 Å². The predicted octanol–water partition coefficient (Wildman–Crippen LogP) is 3.24. The van der Waals surface area contributed by atoms with Crippen molar-refractivity contribution in [1.29, 1.82) is 0 Å². The standard InChI is InChI=1S/C20H19FN6O/c1-26(2)17-4-3-13(15-10-22-24-19(15)17)11-5-6-27-12(7-11)8-18(25-27)23-20(28)14-9-16(14)21/h3-8,10,14,16H,9H2,1-2H3,(H,22,24)(H,23,25,28)/t14-,16+/m1/s1. The monoisotopic (exact) mass is 378 g/mol. The van der Waals surface area contributed by atoms with Gasteiger partial charge in [-0.3, -0.25) is 9.89 Å². The summed E-state index contributed by atoms with van der Waals surface area (Å²) in [4.78, 5) is 14.0. The normalized spacial score (nSPS) is 18.5. The smallest absolute Gasteiger partial charge is 0.231 e. The number of carbonyl (C=O) groups is 1. The Balaban J connectivity index is 1.52. The van der Waals surface area contributed by atoms with Crippen LogP contribution in [0.5, 0.6) is 0 Å². The van der Waals surface area contributed by atoms with Crippen LogP contribution in [0.3, 0.4) is 0 Å². The molecule has 2 atom stereocenters. The van der Waals surface area contributed by atoms with Gasteiger partial charge < -0.3 is 10.2 Å². The molecule has 1 aromatic carbocycles. The second-order valence-electron chi connectivity index (χ2n) is 7.35. The van der Waals surface area contributed by atoms with Gasteiger partial charge in [-0.1, -0.05) is 6.07 Å². The molecule has 0 aliphatic heterocycles. The number of hydrogen-bond donors (Lipinski definition) is 2. The van der Waals surface area contributed by atoms with E-state index in [0.29, 0.717) is 12.2 Å². The summed E-state index contributed by atoms with van der Waals surface area (Å²) in [6.45, 7) is 0. The summed E-state index contributed by atoms with van der Waals surface area (Å²) in [6, 6.07) is 9.91. The Labute approximate surface area is 160 Å². The largest absolute Gasteiger partial charge is 0.376 e. The summed E-state index contributed by atoms with van der Waals surface area (Å²) in [6.07, 6.45) is 2.95. The molecule has 7 nitrogen and oxygen atoms in total. The minimum atomic E-state index is -1.02. The summed E-state index contributed by atoms with van der Waals surface area (Å²) in [5.41, 5.74) is 4.97. The lowest BCUT2D eigenvalue weighted by Gasteiger charge is -2.15. The van der Waals surface area contributed by atoms with Crippen molar-refractivity contribution in [3.63, 3.8) is 0 Å². The Kier molecular flexibility index (Phi) is 3.61. The highest BCUT2D eigenvalue weighted by Crippen LogP contribution is 2.35. The molecule has 1 aliphatic rings. The van der Waals surface area contributed by atoms with Crippen molar-refractivity contribution in [2.75, 3.05) is 24.3 Å². The van der Waals surface area contributed by atoms with Gasteiger partial charge in [-0.2, -0.15) is 10.2 Å². The van der Waals surface area contributed by atoms with Gasteiger partial charge in [0, 0.05) is 31.7 Å². The Bertz CT molecular complexity index is 1210. The number of amides is 1. The van der Waals surface area contributed by atoms with Crippen LogP contribution < -0.4 is 10.2 Å². The fourth-order valence-corrected chi connectivity index (χ4v) is 3.52. The summed E-state index contributed by atoms with van der Waals surface area (Å²) in [5, 5.41) is 15.4. The zero-order valence-corrected chi connectivity index (χ0v) is 15.5. The predicted molar refractivity (Wildman–Crippen MR) is 106 cm³/mol. The number of benzene rings is 1. The molecule has 8 heteroatoms. The van der Waals surface area contributed by atoms with E-state index >= 15 is 0 Å². The molecule has 5 rings (SSSR count). The summed E-state index contributed by atoms with van der Waals surface area (Å²) in [7, 11) is 3.99.